The monoisotopic (exact) mass is 435 g/mol. The SMILES string of the molecule is CN1C[C@H](c2cccc([N+](=O)[O-])c2)C(C(=O)c2ccco2)[C@]12C(=O)Nc1ccc(F)cc12. The summed E-state index contributed by atoms with van der Waals surface area (Å²) >= 11 is 0. The smallest absolute Gasteiger partial charge is 0.269 e. The topological polar surface area (TPSA) is 106 Å². The molecule has 1 N–H and O–H groups in total. The molecule has 0 saturated carbocycles. The van der Waals surface area contributed by atoms with Crippen molar-refractivity contribution in [3.05, 3.63) is 93.7 Å². The van der Waals surface area contributed by atoms with Crippen LogP contribution >= 0.6 is 0 Å². The Morgan fingerprint density at radius 2 is 2.06 bits per heavy atom. The first-order chi connectivity index (χ1) is 15.3. The molecular formula is C23H18FN3O5. The van der Waals surface area contributed by atoms with Gasteiger partial charge in [-0.25, -0.2) is 4.39 Å². The van der Waals surface area contributed by atoms with Gasteiger partial charge in [-0.15, -0.1) is 0 Å². The minimum atomic E-state index is -1.49. The molecule has 0 bridgehead atoms. The average molecular weight is 435 g/mol. The lowest BCUT2D eigenvalue weighted by Gasteiger charge is -2.35. The van der Waals surface area contributed by atoms with Crippen molar-refractivity contribution in [3.8, 4) is 0 Å². The number of Topliss-reactive ketones (excluding diaryl/α,β-unsaturated/α-hetero) is 1. The maximum atomic E-state index is 14.3. The summed E-state index contributed by atoms with van der Waals surface area (Å²) < 4.78 is 19.6. The number of likely N-dealkylation sites (N-methyl/N-ethyl adjacent to an activating group) is 1. The highest BCUT2D eigenvalue weighted by Gasteiger charge is 2.64. The lowest BCUT2D eigenvalue weighted by molar-refractivity contribution is -0.384. The number of anilines is 1. The molecule has 0 radical (unpaired) electrons. The summed E-state index contributed by atoms with van der Waals surface area (Å²) in [6, 6.07) is 13.1. The molecule has 9 heteroatoms. The maximum absolute atomic E-state index is 14.3. The van der Waals surface area contributed by atoms with E-state index in [2.05, 4.69) is 5.32 Å². The van der Waals surface area contributed by atoms with E-state index in [9.17, 15) is 24.1 Å². The quantitative estimate of drug-likeness (QED) is 0.381. The van der Waals surface area contributed by atoms with E-state index < -0.39 is 39.8 Å². The number of nitrogens with one attached hydrogen (secondary N) is 1. The summed E-state index contributed by atoms with van der Waals surface area (Å²) in [4.78, 5) is 39.7. The van der Waals surface area contributed by atoms with Crippen LogP contribution in [-0.4, -0.2) is 35.1 Å². The van der Waals surface area contributed by atoms with Gasteiger partial charge < -0.3 is 9.73 Å². The number of halogens is 1. The molecule has 1 saturated heterocycles. The Balaban J connectivity index is 1.74. The zero-order valence-electron chi connectivity index (χ0n) is 16.9. The molecule has 3 heterocycles. The van der Waals surface area contributed by atoms with Gasteiger partial charge in [0.05, 0.1) is 17.1 Å². The van der Waals surface area contributed by atoms with Crippen molar-refractivity contribution in [2.45, 2.75) is 11.5 Å². The Hall–Kier alpha value is -3.85. The van der Waals surface area contributed by atoms with E-state index >= 15 is 0 Å². The van der Waals surface area contributed by atoms with E-state index in [0.29, 0.717) is 16.8 Å². The molecule has 1 aromatic heterocycles. The Labute approximate surface area is 181 Å². The number of amides is 1. The Morgan fingerprint density at radius 1 is 1.25 bits per heavy atom. The number of hydrogen-bond donors (Lipinski definition) is 1. The number of ketones is 1. The number of non-ortho nitro benzene ring substituents is 1. The van der Waals surface area contributed by atoms with Crippen molar-refractivity contribution in [2.24, 2.45) is 5.92 Å². The molecule has 2 aromatic carbocycles. The molecule has 3 aromatic rings. The molecule has 2 aliphatic rings. The van der Waals surface area contributed by atoms with Crippen LogP contribution in [0.1, 0.15) is 27.6 Å². The minimum absolute atomic E-state index is 0.0674. The lowest BCUT2D eigenvalue weighted by Crippen LogP contribution is -2.51. The molecule has 1 unspecified atom stereocenters. The Bertz CT molecular complexity index is 1260. The maximum Gasteiger partial charge on any atom is 0.269 e. The molecule has 8 nitrogen and oxygen atoms in total. The van der Waals surface area contributed by atoms with E-state index in [4.69, 9.17) is 4.42 Å². The van der Waals surface area contributed by atoms with Gasteiger partial charge in [0.25, 0.3) is 5.69 Å². The number of likely N-dealkylation sites (tertiary alicyclic amines) is 1. The number of nitro groups is 1. The van der Waals surface area contributed by atoms with E-state index in [1.807, 2.05) is 0 Å². The van der Waals surface area contributed by atoms with Crippen LogP contribution < -0.4 is 5.32 Å². The first-order valence-corrected chi connectivity index (χ1v) is 9.99. The molecule has 32 heavy (non-hydrogen) atoms. The van der Waals surface area contributed by atoms with Crippen molar-refractivity contribution in [1.29, 1.82) is 0 Å². The number of nitro benzene ring substituents is 1. The molecule has 2 aliphatic heterocycles. The Morgan fingerprint density at radius 3 is 2.78 bits per heavy atom. The molecule has 0 aliphatic carbocycles. The number of nitrogens with zero attached hydrogens (tertiary/aromatic N) is 2. The van der Waals surface area contributed by atoms with Crippen LogP contribution in [0.3, 0.4) is 0 Å². The highest BCUT2D eigenvalue weighted by atomic mass is 19.1. The zero-order chi connectivity index (χ0) is 22.6. The highest BCUT2D eigenvalue weighted by Crippen LogP contribution is 2.55. The third-order valence-corrected chi connectivity index (χ3v) is 6.47. The molecule has 1 spiro atoms. The van der Waals surface area contributed by atoms with E-state index in [-0.39, 0.29) is 18.0 Å². The van der Waals surface area contributed by atoms with E-state index in [1.165, 1.54) is 42.7 Å². The van der Waals surface area contributed by atoms with Gasteiger partial charge in [-0.2, -0.15) is 0 Å². The fourth-order valence-corrected chi connectivity index (χ4v) is 5.15. The van der Waals surface area contributed by atoms with E-state index in [1.54, 1.807) is 30.1 Å². The van der Waals surface area contributed by atoms with Crippen LogP contribution in [0.15, 0.2) is 65.3 Å². The molecular weight excluding hydrogens is 417 g/mol. The number of fused-ring (bicyclic) bond motifs is 2. The zero-order valence-corrected chi connectivity index (χ0v) is 16.9. The minimum Gasteiger partial charge on any atom is -0.461 e. The summed E-state index contributed by atoms with van der Waals surface area (Å²) in [6.45, 7) is 0.252. The lowest BCUT2D eigenvalue weighted by atomic mass is 9.71. The van der Waals surface area contributed by atoms with Crippen molar-refractivity contribution in [2.75, 3.05) is 18.9 Å². The fourth-order valence-electron chi connectivity index (χ4n) is 5.15. The third-order valence-electron chi connectivity index (χ3n) is 6.47. The number of furan rings is 1. The van der Waals surface area contributed by atoms with Gasteiger partial charge in [0.2, 0.25) is 11.7 Å². The van der Waals surface area contributed by atoms with Gasteiger partial charge in [-0.05, 0) is 42.9 Å². The van der Waals surface area contributed by atoms with Crippen LogP contribution in [-0.2, 0) is 10.3 Å². The molecule has 162 valence electrons. The number of rotatable bonds is 4. The van der Waals surface area contributed by atoms with E-state index in [0.717, 1.165) is 0 Å². The van der Waals surface area contributed by atoms with Crippen molar-refractivity contribution >= 4 is 23.1 Å². The van der Waals surface area contributed by atoms with Crippen LogP contribution in [0, 0.1) is 21.8 Å². The fraction of sp³-hybridized carbons (Fsp3) is 0.217. The average Bonchev–Trinajstić information content (AvgIpc) is 3.47. The summed E-state index contributed by atoms with van der Waals surface area (Å²) in [7, 11) is 1.69. The van der Waals surface area contributed by atoms with Gasteiger partial charge in [0, 0.05) is 35.8 Å². The van der Waals surface area contributed by atoms with Gasteiger partial charge in [-0.1, -0.05) is 12.1 Å². The van der Waals surface area contributed by atoms with Crippen molar-refractivity contribution in [1.82, 2.24) is 4.90 Å². The normalized spacial score (nSPS) is 24.5. The van der Waals surface area contributed by atoms with Crippen molar-refractivity contribution in [3.63, 3.8) is 0 Å². The second kappa shape index (κ2) is 7.10. The largest absolute Gasteiger partial charge is 0.461 e. The van der Waals surface area contributed by atoms with Gasteiger partial charge >= 0.3 is 0 Å². The molecule has 1 fully saturated rings. The highest BCUT2D eigenvalue weighted by molar-refractivity contribution is 6.11. The van der Waals surface area contributed by atoms with Crippen LogP contribution in [0.2, 0.25) is 0 Å². The second-order valence-corrected chi connectivity index (χ2v) is 8.07. The summed E-state index contributed by atoms with van der Waals surface area (Å²) in [5.41, 5.74) is -0.262. The summed E-state index contributed by atoms with van der Waals surface area (Å²) in [5, 5.41) is 14.1. The van der Waals surface area contributed by atoms with Gasteiger partial charge in [0.15, 0.2) is 5.76 Å². The number of carbonyl (C=O) groups is 2. The number of carbonyl (C=O) groups excluding carboxylic acids is 2. The third kappa shape index (κ3) is 2.71. The van der Waals surface area contributed by atoms with Crippen LogP contribution in [0.4, 0.5) is 15.8 Å². The summed E-state index contributed by atoms with van der Waals surface area (Å²) in [5.74, 6) is -2.91. The number of hydrogen-bond acceptors (Lipinski definition) is 6. The molecule has 5 rings (SSSR count). The Kier molecular flexibility index (Phi) is 4.45. The second-order valence-electron chi connectivity index (χ2n) is 8.07. The molecule has 1 amide bonds. The van der Waals surface area contributed by atoms with Gasteiger partial charge in [0.1, 0.15) is 11.4 Å². The first kappa shape index (κ1) is 20.1. The van der Waals surface area contributed by atoms with Crippen LogP contribution in [0.5, 0.6) is 0 Å². The van der Waals surface area contributed by atoms with Crippen LogP contribution in [0.25, 0.3) is 0 Å². The van der Waals surface area contributed by atoms with Crippen molar-refractivity contribution < 1.29 is 23.3 Å². The standard InChI is InChI=1S/C23H18FN3O5/c1-26-12-16(13-4-2-5-15(10-13)27(30)31)20(21(28)19-6-3-9-32-19)23(26)17-11-14(24)7-8-18(17)25-22(23)29/h2-11,16,20H,12H2,1H3,(H,25,29)/t16-,20?,23-/m1/s1. The number of benzene rings is 2. The summed E-state index contributed by atoms with van der Waals surface area (Å²) in [6.07, 6.45) is 1.36. The van der Waals surface area contributed by atoms with Gasteiger partial charge in [-0.3, -0.25) is 24.6 Å². The molecule has 3 atom stereocenters. The predicted octanol–water partition coefficient (Wildman–Crippen LogP) is 3.70. The predicted molar refractivity (Wildman–Crippen MR) is 112 cm³/mol. The first-order valence-electron chi connectivity index (χ1n) is 9.99.